The van der Waals surface area contributed by atoms with Gasteiger partial charge in [0, 0.05) is 52.4 Å². The van der Waals surface area contributed by atoms with Gasteiger partial charge in [-0.3, -0.25) is 0 Å². The predicted octanol–water partition coefficient (Wildman–Crippen LogP) is 8.15. The molecule has 4 nitrogen and oxygen atoms in total. The van der Waals surface area contributed by atoms with Crippen LogP contribution in [-0.4, -0.2) is 71.0 Å². The lowest BCUT2D eigenvalue weighted by Gasteiger charge is -2.51. The molecule has 0 spiro atoms. The lowest BCUT2D eigenvalue weighted by molar-refractivity contribution is 0.231. The van der Waals surface area contributed by atoms with Crippen molar-refractivity contribution in [2.24, 2.45) is 0 Å². The van der Waals surface area contributed by atoms with Gasteiger partial charge in [0.15, 0.2) is 0 Å². The predicted molar refractivity (Wildman–Crippen MR) is 153 cm³/mol. The molecule has 0 amide bonds. The van der Waals surface area contributed by atoms with E-state index in [1.807, 2.05) is 0 Å². The van der Waals surface area contributed by atoms with E-state index in [0.29, 0.717) is 0 Å². The molecule has 0 unspecified atom stereocenters. The van der Waals surface area contributed by atoms with Crippen molar-refractivity contribution in [3.8, 4) is 0 Å². The third kappa shape index (κ3) is 10.9. The Balaban J connectivity index is -0.00000392. The van der Waals surface area contributed by atoms with E-state index in [4.69, 9.17) is 0 Å². The minimum Gasteiger partial charge on any atom is -0.147 e. The Hall–Kier alpha value is 1.04. The fourth-order valence-corrected chi connectivity index (χ4v) is 10.6. The molecule has 0 saturated heterocycles. The van der Waals surface area contributed by atoms with E-state index in [1.54, 1.807) is 0 Å². The molecule has 0 aliphatic rings. The van der Waals surface area contributed by atoms with Gasteiger partial charge in [-0.05, 0) is 51.4 Å². The molecule has 0 atom stereocenters. The normalized spacial score (nSPS) is 12.0. The first-order chi connectivity index (χ1) is 14.1. The molecule has 0 N–H and O–H groups in total. The Morgan fingerprint density at radius 2 is 0.484 bits per heavy atom. The van der Waals surface area contributed by atoms with Crippen LogP contribution in [0.1, 0.15) is 107 Å². The molecule has 0 radical (unpaired) electrons. The van der Waals surface area contributed by atoms with Crippen LogP contribution in [0.15, 0.2) is 0 Å². The van der Waals surface area contributed by atoms with Crippen LogP contribution in [0.4, 0.5) is 0 Å². The van der Waals surface area contributed by atoms with Crippen LogP contribution >= 0.6 is 37.3 Å². The van der Waals surface area contributed by atoms with Crippen LogP contribution in [-0.2, 0) is 0 Å². The monoisotopic (exact) mass is 547 g/mol. The summed E-state index contributed by atoms with van der Waals surface area (Å²) in [5.41, 5.74) is 0. The third-order valence-corrected chi connectivity index (χ3v) is 10.0. The number of rotatable bonds is 20. The van der Waals surface area contributed by atoms with E-state index in [2.05, 4.69) is 74.1 Å². The first-order valence-corrected chi connectivity index (χ1v) is 14.6. The standard InChI is InChI=1S/C24H56N4P.BrH.ClH/c1-9-17-25(18-10-2)29(26(19-11-3)20-12-4,27(21-13-5)22-14-6)28(23-15-7)24-16-8;;/h9-24H2,1-8H3;2*1H/q+1;;. The largest absolute Gasteiger partial charge is 0.308 e. The maximum Gasteiger partial charge on any atom is 0.308 e. The molecule has 0 saturated carbocycles. The van der Waals surface area contributed by atoms with E-state index >= 15 is 0 Å². The van der Waals surface area contributed by atoms with E-state index in [9.17, 15) is 0 Å². The molecule has 0 aromatic rings. The van der Waals surface area contributed by atoms with Gasteiger partial charge < -0.3 is 0 Å². The topological polar surface area (TPSA) is 13.0 Å². The Morgan fingerprint density at radius 3 is 0.581 bits per heavy atom. The van der Waals surface area contributed by atoms with Gasteiger partial charge in [0.25, 0.3) is 0 Å². The van der Waals surface area contributed by atoms with Gasteiger partial charge in [0.2, 0.25) is 0 Å². The summed E-state index contributed by atoms with van der Waals surface area (Å²) in [6.45, 7) is 28.7. The van der Waals surface area contributed by atoms with Gasteiger partial charge in [0.05, 0.1) is 0 Å². The van der Waals surface area contributed by atoms with Crippen LogP contribution < -0.4 is 0 Å². The average molecular weight is 549 g/mol. The zero-order valence-corrected chi connectivity index (χ0v) is 25.8. The quantitative estimate of drug-likeness (QED) is 0.142. The Morgan fingerprint density at radius 1 is 0.355 bits per heavy atom. The molecule has 0 bridgehead atoms. The molecule has 0 heterocycles. The highest BCUT2D eigenvalue weighted by atomic mass is 79.9. The van der Waals surface area contributed by atoms with Gasteiger partial charge in [-0.2, -0.15) is 0 Å². The summed E-state index contributed by atoms with van der Waals surface area (Å²) in [6.07, 6.45) is 9.94. The van der Waals surface area contributed by atoms with E-state index in [0.717, 1.165) is 0 Å². The van der Waals surface area contributed by atoms with E-state index < -0.39 is 7.87 Å². The van der Waals surface area contributed by atoms with Gasteiger partial charge >= 0.3 is 7.87 Å². The number of halogens is 2. The molecule has 0 fully saturated rings. The average Bonchev–Trinajstić information content (AvgIpc) is 2.70. The van der Waals surface area contributed by atoms with Crippen molar-refractivity contribution >= 4 is 37.3 Å². The van der Waals surface area contributed by atoms with Crippen LogP contribution in [0.25, 0.3) is 0 Å². The van der Waals surface area contributed by atoms with Crippen LogP contribution in [0.2, 0.25) is 0 Å². The summed E-state index contributed by atoms with van der Waals surface area (Å²) in [4.78, 5) is 0. The third-order valence-electron chi connectivity index (χ3n) is 5.37. The van der Waals surface area contributed by atoms with E-state index in [-0.39, 0.29) is 29.4 Å². The molecule has 0 rings (SSSR count). The summed E-state index contributed by atoms with van der Waals surface area (Å²) in [5, 5.41) is 0. The molecule has 7 heteroatoms. The molecular formula is C24H58BrClN4P+. The Kier molecular flexibility index (Phi) is 26.9. The first-order valence-electron chi connectivity index (χ1n) is 13.0. The minimum absolute atomic E-state index is 0. The smallest absolute Gasteiger partial charge is 0.147 e. The lowest BCUT2D eigenvalue weighted by atomic mass is 10.4. The Labute approximate surface area is 214 Å². The molecule has 0 aromatic heterocycles. The highest BCUT2D eigenvalue weighted by molar-refractivity contribution is 8.93. The fourth-order valence-electron chi connectivity index (χ4n) is 4.66. The zero-order chi connectivity index (χ0) is 22.1. The van der Waals surface area contributed by atoms with Crippen molar-refractivity contribution in [1.82, 2.24) is 18.7 Å². The minimum atomic E-state index is -1.74. The van der Waals surface area contributed by atoms with Gasteiger partial charge in [-0.15, -0.1) is 48.1 Å². The molecule has 0 aliphatic heterocycles. The number of hydrogen-bond acceptors (Lipinski definition) is 4. The summed E-state index contributed by atoms with van der Waals surface area (Å²) in [6, 6.07) is 0. The summed E-state index contributed by atoms with van der Waals surface area (Å²) >= 11 is 0. The molecule has 31 heavy (non-hydrogen) atoms. The van der Waals surface area contributed by atoms with E-state index in [1.165, 1.54) is 104 Å². The second-order valence-corrected chi connectivity index (χ2v) is 11.7. The molecule has 0 aliphatic carbocycles. The fraction of sp³-hybridized carbons (Fsp3) is 1.00. The van der Waals surface area contributed by atoms with Crippen molar-refractivity contribution in [3.05, 3.63) is 0 Å². The van der Waals surface area contributed by atoms with Crippen molar-refractivity contribution in [1.29, 1.82) is 0 Å². The van der Waals surface area contributed by atoms with Crippen molar-refractivity contribution < 1.29 is 0 Å². The molecule has 192 valence electrons. The zero-order valence-electron chi connectivity index (χ0n) is 22.4. The number of nitrogens with zero attached hydrogens (tertiary/aromatic N) is 4. The summed E-state index contributed by atoms with van der Waals surface area (Å²) in [7, 11) is -1.74. The van der Waals surface area contributed by atoms with Crippen LogP contribution in [0.3, 0.4) is 0 Å². The first kappa shape index (κ1) is 36.6. The SMILES string of the molecule is Br.CCCN(CCC)[P+](N(CCC)CCC)(N(CCC)CCC)N(CCC)CCC.Cl. The van der Waals surface area contributed by atoms with Crippen molar-refractivity contribution in [2.45, 2.75) is 107 Å². The lowest BCUT2D eigenvalue weighted by Crippen LogP contribution is -2.54. The highest BCUT2D eigenvalue weighted by Crippen LogP contribution is 2.70. The maximum absolute atomic E-state index is 2.97. The molecular weight excluding hydrogens is 491 g/mol. The van der Waals surface area contributed by atoms with Crippen LogP contribution in [0, 0.1) is 0 Å². The van der Waals surface area contributed by atoms with Crippen LogP contribution in [0.5, 0.6) is 0 Å². The van der Waals surface area contributed by atoms with Crippen molar-refractivity contribution in [2.75, 3.05) is 52.4 Å². The Bertz CT molecular complexity index is 286. The highest BCUT2D eigenvalue weighted by Gasteiger charge is 2.59. The second-order valence-electron chi connectivity index (χ2n) is 8.35. The van der Waals surface area contributed by atoms with Gasteiger partial charge in [-0.1, -0.05) is 55.4 Å². The second kappa shape index (κ2) is 22.8. The maximum atomic E-state index is 2.97. The number of hydrogen-bond donors (Lipinski definition) is 0. The summed E-state index contributed by atoms with van der Waals surface area (Å²) in [5.74, 6) is 0. The summed E-state index contributed by atoms with van der Waals surface area (Å²) < 4.78 is 11.9. The molecule has 0 aromatic carbocycles. The van der Waals surface area contributed by atoms with Gasteiger partial charge in [0.1, 0.15) is 0 Å². The van der Waals surface area contributed by atoms with Gasteiger partial charge in [-0.25, -0.2) is 0 Å². The van der Waals surface area contributed by atoms with Crippen molar-refractivity contribution in [3.63, 3.8) is 0 Å².